The lowest BCUT2D eigenvalue weighted by molar-refractivity contribution is -0.0264. The maximum atomic E-state index is 9.29. The van der Waals surface area contributed by atoms with E-state index in [9.17, 15) is 5.11 Å². The third kappa shape index (κ3) is 3.24. The van der Waals surface area contributed by atoms with Crippen LogP contribution in [-0.2, 0) is 11.2 Å². The zero-order chi connectivity index (χ0) is 13.0. The van der Waals surface area contributed by atoms with Crippen molar-refractivity contribution in [2.24, 2.45) is 0 Å². The van der Waals surface area contributed by atoms with Gasteiger partial charge in [0.2, 0.25) is 0 Å². The Kier molecular flexibility index (Phi) is 4.61. The lowest BCUT2D eigenvalue weighted by Crippen LogP contribution is -2.50. The van der Waals surface area contributed by atoms with Gasteiger partial charge in [-0.15, -0.1) is 0 Å². The standard InChI is InChI=1S/C15H23NO2/c1-3-14-11-18-9-8-16(14)12(2)10-13-4-6-15(17)7-5-13/h4-7,12,14,17H,3,8-11H2,1-2H3. The number of morpholine rings is 1. The van der Waals surface area contributed by atoms with Gasteiger partial charge in [0, 0.05) is 18.6 Å². The summed E-state index contributed by atoms with van der Waals surface area (Å²) in [4.78, 5) is 2.55. The molecule has 1 aromatic carbocycles. The van der Waals surface area contributed by atoms with Crippen molar-refractivity contribution in [1.29, 1.82) is 0 Å². The molecule has 0 aromatic heterocycles. The number of phenolic OH excluding ortho intramolecular Hbond substituents is 1. The third-order valence-electron chi connectivity index (χ3n) is 3.78. The van der Waals surface area contributed by atoms with Crippen LogP contribution in [0, 0.1) is 0 Å². The summed E-state index contributed by atoms with van der Waals surface area (Å²) < 4.78 is 5.54. The number of nitrogens with zero attached hydrogens (tertiary/aromatic N) is 1. The van der Waals surface area contributed by atoms with Crippen molar-refractivity contribution in [2.45, 2.75) is 38.8 Å². The first-order valence-corrected chi connectivity index (χ1v) is 6.82. The quantitative estimate of drug-likeness (QED) is 0.889. The molecule has 1 N–H and O–H groups in total. The lowest BCUT2D eigenvalue weighted by atomic mass is 10.0. The maximum Gasteiger partial charge on any atom is 0.115 e. The summed E-state index contributed by atoms with van der Waals surface area (Å²) >= 11 is 0. The van der Waals surface area contributed by atoms with Gasteiger partial charge in [-0.1, -0.05) is 19.1 Å². The van der Waals surface area contributed by atoms with Crippen molar-refractivity contribution in [1.82, 2.24) is 4.90 Å². The number of aromatic hydroxyl groups is 1. The van der Waals surface area contributed by atoms with Crippen molar-refractivity contribution < 1.29 is 9.84 Å². The number of hydrogen-bond donors (Lipinski definition) is 1. The van der Waals surface area contributed by atoms with Crippen LogP contribution in [0.5, 0.6) is 5.75 Å². The molecule has 0 spiro atoms. The molecule has 1 fully saturated rings. The van der Waals surface area contributed by atoms with E-state index in [1.54, 1.807) is 12.1 Å². The van der Waals surface area contributed by atoms with Gasteiger partial charge in [-0.3, -0.25) is 4.90 Å². The Hall–Kier alpha value is -1.06. The van der Waals surface area contributed by atoms with Crippen LogP contribution < -0.4 is 0 Å². The maximum absolute atomic E-state index is 9.29. The summed E-state index contributed by atoms with van der Waals surface area (Å²) in [6.45, 7) is 7.23. The fourth-order valence-corrected chi connectivity index (χ4v) is 2.69. The van der Waals surface area contributed by atoms with Gasteiger partial charge in [0.25, 0.3) is 0 Å². The molecule has 3 nitrogen and oxygen atoms in total. The van der Waals surface area contributed by atoms with E-state index in [-0.39, 0.29) is 0 Å². The molecule has 1 aliphatic heterocycles. The second-order valence-electron chi connectivity index (χ2n) is 5.09. The van der Waals surface area contributed by atoms with Crippen LogP contribution in [0.4, 0.5) is 0 Å². The Morgan fingerprint density at radius 3 is 2.78 bits per heavy atom. The van der Waals surface area contributed by atoms with Crippen molar-refractivity contribution in [2.75, 3.05) is 19.8 Å². The van der Waals surface area contributed by atoms with Crippen LogP contribution in [0.3, 0.4) is 0 Å². The first kappa shape index (κ1) is 13.4. The zero-order valence-electron chi connectivity index (χ0n) is 11.3. The predicted molar refractivity (Wildman–Crippen MR) is 72.9 cm³/mol. The third-order valence-corrected chi connectivity index (χ3v) is 3.78. The van der Waals surface area contributed by atoms with E-state index < -0.39 is 0 Å². The topological polar surface area (TPSA) is 32.7 Å². The summed E-state index contributed by atoms with van der Waals surface area (Å²) in [6.07, 6.45) is 2.16. The molecule has 0 amide bonds. The van der Waals surface area contributed by atoms with Crippen LogP contribution >= 0.6 is 0 Å². The highest BCUT2D eigenvalue weighted by Crippen LogP contribution is 2.18. The second-order valence-corrected chi connectivity index (χ2v) is 5.09. The molecule has 0 bridgehead atoms. The fourth-order valence-electron chi connectivity index (χ4n) is 2.69. The molecule has 1 saturated heterocycles. The summed E-state index contributed by atoms with van der Waals surface area (Å²) in [5, 5.41) is 9.29. The molecule has 0 aliphatic carbocycles. The van der Waals surface area contributed by atoms with E-state index in [0.717, 1.165) is 32.6 Å². The van der Waals surface area contributed by atoms with Gasteiger partial charge < -0.3 is 9.84 Å². The normalized spacial score (nSPS) is 22.9. The molecule has 2 rings (SSSR count). The van der Waals surface area contributed by atoms with Gasteiger partial charge in [0.1, 0.15) is 5.75 Å². The minimum absolute atomic E-state index is 0.337. The number of ether oxygens (including phenoxy) is 1. The van der Waals surface area contributed by atoms with E-state index in [2.05, 4.69) is 18.7 Å². The predicted octanol–water partition coefficient (Wildman–Crippen LogP) is 2.43. The highest BCUT2D eigenvalue weighted by atomic mass is 16.5. The summed E-state index contributed by atoms with van der Waals surface area (Å²) in [5.41, 5.74) is 1.28. The minimum atomic E-state index is 0.337. The number of benzene rings is 1. The van der Waals surface area contributed by atoms with Crippen LogP contribution in [0.1, 0.15) is 25.8 Å². The van der Waals surface area contributed by atoms with Gasteiger partial charge in [0.05, 0.1) is 13.2 Å². The first-order valence-electron chi connectivity index (χ1n) is 6.82. The number of hydrogen-bond acceptors (Lipinski definition) is 3. The average molecular weight is 249 g/mol. The molecule has 1 heterocycles. The molecule has 3 heteroatoms. The second kappa shape index (κ2) is 6.21. The molecule has 2 atom stereocenters. The van der Waals surface area contributed by atoms with Crippen LogP contribution in [-0.4, -0.2) is 41.8 Å². The highest BCUT2D eigenvalue weighted by Gasteiger charge is 2.25. The van der Waals surface area contributed by atoms with Crippen LogP contribution in [0.25, 0.3) is 0 Å². The van der Waals surface area contributed by atoms with E-state index in [1.165, 1.54) is 5.56 Å². The fraction of sp³-hybridized carbons (Fsp3) is 0.600. The lowest BCUT2D eigenvalue weighted by Gasteiger charge is -2.39. The van der Waals surface area contributed by atoms with Gasteiger partial charge in [-0.2, -0.15) is 0 Å². The summed E-state index contributed by atoms with van der Waals surface area (Å²) in [7, 11) is 0. The van der Waals surface area contributed by atoms with Gasteiger partial charge in [0.15, 0.2) is 0 Å². The van der Waals surface area contributed by atoms with E-state index in [1.807, 2.05) is 12.1 Å². The van der Waals surface area contributed by atoms with Crippen LogP contribution in [0.15, 0.2) is 24.3 Å². The summed E-state index contributed by atoms with van der Waals surface area (Å²) in [5.74, 6) is 0.337. The smallest absolute Gasteiger partial charge is 0.115 e. The molecule has 2 unspecified atom stereocenters. The van der Waals surface area contributed by atoms with Crippen molar-refractivity contribution in [3.05, 3.63) is 29.8 Å². The van der Waals surface area contributed by atoms with Crippen molar-refractivity contribution >= 4 is 0 Å². The first-order chi connectivity index (χ1) is 8.70. The Balaban J connectivity index is 1.97. The van der Waals surface area contributed by atoms with E-state index >= 15 is 0 Å². The Morgan fingerprint density at radius 1 is 1.39 bits per heavy atom. The molecule has 0 saturated carbocycles. The van der Waals surface area contributed by atoms with Gasteiger partial charge in [-0.05, 0) is 37.5 Å². The summed E-state index contributed by atoms with van der Waals surface area (Å²) in [6, 6.07) is 8.60. The zero-order valence-corrected chi connectivity index (χ0v) is 11.3. The van der Waals surface area contributed by atoms with E-state index in [0.29, 0.717) is 17.8 Å². The van der Waals surface area contributed by atoms with Gasteiger partial charge in [-0.25, -0.2) is 0 Å². The number of rotatable bonds is 4. The highest BCUT2D eigenvalue weighted by molar-refractivity contribution is 5.26. The largest absolute Gasteiger partial charge is 0.508 e. The minimum Gasteiger partial charge on any atom is -0.508 e. The number of phenols is 1. The molecule has 1 aliphatic rings. The molecule has 0 radical (unpaired) electrons. The Morgan fingerprint density at radius 2 is 2.11 bits per heavy atom. The molecular weight excluding hydrogens is 226 g/mol. The van der Waals surface area contributed by atoms with Crippen LogP contribution in [0.2, 0.25) is 0 Å². The molecular formula is C15H23NO2. The van der Waals surface area contributed by atoms with Gasteiger partial charge >= 0.3 is 0 Å². The molecule has 100 valence electrons. The van der Waals surface area contributed by atoms with E-state index in [4.69, 9.17) is 4.74 Å². The van der Waals surface area contributed by atoms with Crippen molar-refractivity contribution in [3.63, 3.8) is 0 Å². The molecule has 1 aromatic rings. The average Bonchev–Trinajstić information content (AvgIpc) is 2.41. The monoisotopic (exact) mass is 249 g/mol. The SMILES string of the molecule is CCC1COCCN1C(C)Cc1ccc(O)cc1. The molecule has 18 heavy (non-hydrogen) atoms. The Bertz CT molecular complexity index is 363. The van der Waals surface area contributed by atoms with Crippen molar-refractivity contribution in [3.8, 4) is 5.75 Å². The Labute approximate surface area is 109 Å².